The van der Waals surface area contributed by atoms with Gasteiger partial charge >= 0.3 is 0 Å². The zero-order valence-electron chi connectivity index (χ0n) is 17.9. The van der Waals surface area contributed by atoms with E-state index in [-0.39, 0.29) is 17.8 Å². The first-order valence-corrected chi connectivity index (χ1v) is 11.0. The van der Waals surface area contributed by atoms with Crippen molar-refractivity contribution in [2.45, 2.75) is 25.9 Å². The van der Waals surface area contributed by atoms with Gasteiger partial charge in [-0.15, -0.1) is 0 Å². The Morgan fingerprint density at radius 3 is 2.38 bits per heavy atom. The van der Waals surface area contributed by atoms with Crippen LogP contribution in [0, 0.1) is 13.8 Å². The van der Waals surface area contributed by atoms with E-state index in [2.05, 4.69) is 46.9 Å². The molecule has 5 rings (SSSR count). The molecule has 0 bridgehead atoms. The van der Waals surface area contributed by atoms with Crippen LogP contribution in [-0.4, -0.2) is 19.8 Å². The Balaban J connectivity index is 1.70. The lowest BCUT2D eigenvalue weighted by Crippen LogP contribution is -2.29. The summed E-state index contributed by atoms with van der Waals surface area (Å²) in [6, 6.07) is 25.4. The molecule has 2 aromatic carbocycles. The molecule has 5 nitrogen and oxygen atoms in total. The number of hydrogen-bond acceptors (Lipinski definition) is 3. The third-order valence-electron chi connectivity index (χ3n) is 6.04. The minimum Gasteiger partial charge on any atom is -0.506 e. The number of nitrogens with zero attached hydrogens (tertiary/aromatic N) is 3. The number of phenolic OH excluding ortho intramolecular Hbond substituents is 1. The van der Waals surface area contributed by atoms with Gasteiger partial charge in [0, 0.05) is 23.3 Å². The molecule has 2 aromatic heterocycles. The van der Waals surface area contributed by atoms with Gasteiger partial charge in [0.2, 0.25) is 0 Å². The molecule has 0 radical (unpaired) electrons. The van der Waals surface area contributed by atoms with Crippen molar-refractivity contribution in [1.29, 1.82) is 0 Å². The quantitative estimate of drug-likeness (QED) is 0.418. The van der Waals surface area contributed by atoms with E-state index in [1.165, 1.54) is 0 Å². The number of thiocarbonyl (C=S) groups is 1. The fourth-order valence-corrected chi connectivity index (χ4v) is 5.00. The van der Waals surface area contributed by atoms with E-state index in [1.54, 1.807) is 12.3 Å². The summed E-state index contributed by atoms with van der Waals surface area (Å²) in [7, 11) is 0. The van der Waals surface area contributed by atoms with Gasteiger partial charge in [0.25, 0.3) is 0 Å². The highest BCUT2D eigenvalue weighted by Gasteiger charge is 2.43. The van der Waals surface area contributed by atoms with Gasteiger partial charge in [0.15, 0.2) is 5.11 Å². The first kappa shape index (κ1) is 20.3. The predicted molar refractivity (Wildman–Crippen MR) is 131 cm³/mol. The molecule has 2 atom stereocenters. The summed E-state index contributed by atoms with van der Waals surface area (Å²) in [5.74, 6) is 0.195. The fourth-order valence-electron chi connectivity index (χ4n) is 4.66. The maximum Gasteiger partial charge on any atom is 0.174 e. The summed E-state index contributed by atoms with van der Waals surface area (Å²) in [5.41, 5.74) is 6.11. The topological polar surface area (TPSA) is 53.3 Å². The zero-order valence-corrected chi connectivity index (χ0v) is 18.8. The molecule has 1 fully saturated rings. The van der Waals surface area contributed by atoms with Crippen molar-refractivity contribution in [2.75, 3.05) is 4.90 Å². The second-order valence-electron chi connectivity index (χ2n) is 7.98. The van der Waals surface area contributed by atoms with Crippen molar-refractivity contribution in [3.05, 3.63) is 108 Å². The molecule has 0 aliphatic carbocycles. The SMILES string of the molecule is Cc1cc([C@H]2[C@H](c3ccccn3)NC(=S)N2c2ccccc2O)c(C)n1-c1ccccc1. The molecule has 4 aromatic rings. The van der Waals surface area contributed by atoms with E-state index in [0.717, 1.165) is 28.3 Å². The minimum atomic E-state index is -0.172. The number of benzene rings is 2. The molecule has 0 unspecified atom stereocenters. The average molecular weight is 441 g/mol. The molecule has 2 N–H and O–H groups in total. The van der Waals surface area contributed by atoms with Crippen LogP contribution in [0.1, 0.15) is 34.7 Å². The van der Waals surface area contributed by atoms with Gasteiger partial charge in [-0.3, -0.25) is 4.98 Å². The molecule has 3 heterocycles. The smallest absolute Gasteiger partial charge is 0.174 e. The lowest BCUT2D eigenvalue weighted by molar-refractivity contribution is 0.472. The normalized spacial score (nSPS) is 18.1. The molecule has 1 aliphatic rings. The van der Waals surface area contributed by atoms with Crippen LogP contribution in [0.4, 0.5) is 5.69 Å². The van der Waals surface area contributed by atoms with Gasteiger partial charge in [-0.1, -0.05) is 36.4 Å². The third kappa shape index (κ3) is 3.33. The second kappa shape index (κ2) is 8.13. The van der Waals surface area contributed by atoms with Crippen molar-refractivity contribution in [3.63, 3.8) is 0 Å². The number of aromatic hydroxyl groups is 1. The minimum absolute atomic E-state index is 0.159. The number of hydrogen-bond donors (Lipinski definition) is 2. The van der Waals surface area contributed by atoms with E-state index in [1.807, 2.05) is 59.5 Å². The van der Waals surface area contributed by atoms with E-state index in [4.69, 9.17) is 12.2 Å². The Labute approximate surface area is 193 Å². The van der Waals surface area contributed by atoms with Crippen molar-refractivity contribution >= 4 is 23.0 Å². The molecule has 0 amide bonds. The summed E-state index contributed by atoms with van der Waals surface area (Å²) in [4.78, 5) is 6.64. The standard InChI is InChI=1S/C26H24N4OS/c1-17-16-20(18(2)29(17)19-10-4-3-5-11-19)25-24(21-12-8-9-15-27-21)28-26(32)30(25)22-13-6-7-14-23(22)31/h3-16,24-25,31H,1-2H3,(H,28,32)/t24-,25-/m0/s1. The molecule has 0 spiro atoms. The summed E-state index contributed by atoms with van der Waals surface area (Å²) in [6.07, 6.45) is 1.80. The van der Waals surface area contributed by atoms with Crippen molar-refractivity contribution < 1.29 is 5.11 Å². The van der Waals surface area contributed by atoms with E-state index >= 15 is 0 Å². The first-order chi connectivity index (χ1) is 15.6. The number of aryl methyl sites for hydroxylation is 1. The molecule has 0 saturated carbocycles. The first-order valence-electron chi connectivity index (χ1n) is 10.6. The number of pyridine rings is 1. The second-order valence-corrected chi connectivity index (χ2v) is 8.37. The van der Waals surface area contributed by atoms with Gasteiger partial charge in [-0.25, -0.2) is 0 Å². The van der Waals surface area contributed by atoms with Crippen LogP contribution in [0.3, 0.4) is 0 Å². The highest BCUT2D eigenvalue weighted by atomic mass is 32.1. The monoisotopic (exact) mass is 440 g/mol. The molecule has 6 heteroatoms. The number of para-hydroxylation sites is 3. The Morgan fingerprint density at radius 2 is 1.66 bits per heavy atom. The van der Waals surface area contributed by atoms with Gasteiger partial charge in [0.05, 0.1) is 23.5 Å². The van der Waals surface area contributed by atoms with E-state index in [0.29, 0.717) is 10.8 Å². The third-order valence-corrected chi connectivity index (χ3v) is 6.36. The Kier molecular flexibility index (Phi) is 5.15. The number of nitrogens with one attached hydrogen (secondary N) is 1. The van der Waals surface area contributed by atoms with E-state index in [9.17, 15) is 5.11 Å². The molecule has 160 valence electrons. The lowest BCUT2D eigenvalue weighted by Gasteiger charge is -2.28. The van der Waals surface area contributed by atoms with Crippen LogP contribution < -0.4 is 10.2 Å². The van der Waals surface area contributed by atoms with Crippen LogP contribution in [-0.2, 0) is 0 Å². The summed E-state index contributed by atoms with van der Waals surface area (Å²) in [6.45, 7) is 4.25. The van der Waals surface area contributed by atoms with E-state index < -0.39 is 0 Å². The van der Waals surface area contributed by atoms with Gasteiger partial charge < -0.3 is 19.9 Å². The lowest BCUT2D eigenvalue weighted by atomic mass is 9.96. The molecular formula is C26H24N4OS. The van der Waals surface area contributed by atoms with Crippen LogP contribution in [0.25, 0.3) is 5.69 Å². The molecule has 32 heavy (non-hydrogen) atoms. The average Bonchev–Trinajstić information content (AvgIpc) is 3.30. The number of rotatable bonds is 4. The van der Waals surface area contributed by atoms with Crippen molar-refractivity contribution in [2.24, 2.45) is 0 Å². The maximum atomic E-state index is 10.7. The summed E-state index contributed by atoms with van der Waals surface area (Å²) >= 11 is 5.78. The molecule has 1 saturated heterocycles. The number of phenols is 1. The van der Waals surface area contributed by atoms with Gasteiger partial charge in [-0.05, 0) is 74.1 Å². The zero-order chi connectivity index (χ0) is 22.2. The Hall–Kier alpha value is -3.64. The van der Waals surface area contributed by atoms with Gasteiger partial charge in [-0.2, -0.15) is 0 Å². The van der Waals surface area contributed by atoms with Crippen LogP contribution in [0.5, 0.6) is 5.75 Å². The summed E-state index contributed by atoms with van der Waals surface area (Å²) in [5, 5.41) is 14.7. The highest BCUT2D eigenvalue weighted by molar-refractivity contribution is 7.80. The highest BCUT2D eigenvalue weighted by Crippen LogP contribution is 2.45. The Morgan fingerprint density at radius 1 is 0.938 bits per heavy atom. The van der Waals surface area contributed by atoms with Crippen LogP contribution in [0.2, 0.25) is 0 Å². The van der Waals surface area contributed by atoms with Crippen LogP contribution in [0.15, 0.2) is 85.1 Å². The predicted octanol–water partition coefficient (Wildman–Crippen LogP) is 5.37. The van der Waals surface area contributed by atoms with Crippen molar-refractivity contribution in [1.82, 2.24) is 14.9 Å². The largest absolute Gasteiger partial charge is 0.506 e. The maximum absolute atomic E-state index is 10.7. The Bertz CT molecular complexity index is 1270. The number of aromatic nitrogens is 2. The fraction of sp³-hybridized carbons (Fsp3) is 0.154. The van der Waals surface area contributed by atoms with Crippen LogP contribution >= 0.6 is 12.2 Å². The number of anilines is 1. The summed E-state index contributed by atoms with van der Waals surface area (Å²) < 4.78 is 2.26. The molecule has 1 aliphatic heterocycles. The van der Waals surface area contributed by atoms with Gasteiger partial charge in [0.1, 0.15) is 5.75 Å². The molecular weight excluding hydrogens is 416 g/mol. The van der Waals surface area contributed by atoms with Crippen molar-refractivity contribution in [3.8, 4) is 11.4 Å².